The Morgan fingerprint density at radius 3 is 2.38 bits per heavy atom. The van der Waals surface area contributed by atoms with Gasteiger partial charge in [-0.25, -0.2) is 4.79 Å². The molecule has 1 aliphatic carbocycles. The SMILES string of the molecule is C[C@@H]1[C@@H]2[C@H](CN1C(=O)OC(C)(C)C)C2(Cl)Cl. The fourth-order valence-corrected chi connectivity index (χ4v) is 3.40. The maximum atomic E-state index is 11.9. The average Bonchev–Trinajstić information content (AvgIpc) is 2.45. The molecular formula is C11H17Cl2NO2. The van der Waals surface area contributed by atoms with Crippen LogP contribution in [-0.2, 0) is 4.74 Å². The van der Waals surface area contributed by atoms with E-state index >= 15 is 0 Å². The molecule has 1 saturated carbocycles. The first-order valence-electron chi connectivity index (χ1n) is 5.52. The van der Waals surface area contributed by atoms with Crippen molar-refractivity contribution in [3.63, 3.8) is 0 Å². The molecule has 0 radical (unpaired) electrons. The fraction of sp³-hybridized carbons (Fsp3) is 0.909. The van der Waals surface area contributed by atoms with Gasteiger partial charge in [0.2, 0.25) is 0 Å². The van der Waals surface area contributed by atoms with E-state index in [0.29, 0.717) is 6.54 Å². The largest absolute Gasteiger partial charge is 0.444 e. The molecule has 0 aromatic rings. The molecule has 1 aliphatic heterocycles. The monoisotopic (exact) mass is 265 g/mol. The van der Waals surface area contributed by atoms with E-state index in [2.05, 4.69) is 0 Å². The molecule has 0 aromatic heterocycles. The summed E-state index contributed by atoms with van der Waals surface area (Å²) in [6.45, 7) is 8.16. The molecule has 3 atom stereocenters. The van der Waals surface area contributed by atoms with E-state index in [1.54, 1.807) is 4.90 Å². The summed E-state index contributed by atoms with van der Waals surface area (Å²) in [6.07, 6.45) is -0.267. The molecule has 16 heavy (non-hydrogen) atoms. The van der Waals surface area contributed by atoms with E-state index in [1.165, 1.54) is 0 Å². The Morgan fingerprint density at radius 2 is 2.00 bits per heavy atom. The molecule has 2 rings (SSSR count). The third-order valence-electron chi connectivity index (χ3n) is 3.30. The van der Waals surface area contributed by atoms with Crippen molar-refractivity contribution in [2.24, 2.45) is 11.8 Å². The van der Waals surface area contributed by atoms with Gasteiger partial charge in [-0.3, -0.25) is 0 Å². The Morgan fingerprint density at radius 1 is 1.44 bits per heavy atom. The molecule has 92 valence electrons. The molecule has 5 heteroatoms. The molecule has 2 fully saturated rings. The first-order valence-corrected chi connectivity index (χ1v) is 6.27. The van der Waals surface area contributed by atoms with Gasteiger partial charge in [-0.2, -0.15) is 0 Å². The lowest BCUT2D eigenvalue weighted by Crippen LogP contribution is -2.42. The molecule has 0 spiro atoms. The van der Waals surface area contributed by atoms with Gasteiger partial charge in [0.25, 0.3) is 0 Å². The quantitative estimate of drug-likeness (QED) is 0.631. The standard InChI is InChI=1S/C11H17Cl2NO2/c1-6-8-7(11(8,12)13)5-14(6)9(15)16-10(2,3)4/h6-8H,5H2,1-4H3/t6-,7+,8-/m1/s1. The van der Waals surface area contributed by atoms with Gasteiger partial charge in [0, 0.05) is 24.4 Å². The highest BCUT2D eigenvalue weighted by Gasteiger charge is 2.71. The van der Waals surface area contributed by atoms with Crippen LogP contribution < -0.4 is 0 Å². The number of hydrogen-bond acceptors (Lipinski definition) is 2. The van der Waals surface area contributed by atoms with E-state index in [1.807, 2.05) is 27.7 Å². The molecule has 2 aliphatic rings. The van der Waals surface area contributed by atoms with Gasteiger partial charge in [-0.1, -0.05) is 0 Å². The highest BCUT2D eigenvalue weighted by Crippen LogP contribution is 2.65. The van der Waals surface area contributed by atoms with Gasteiger partial charge in [-0.15, -0.1) is 23.2 Å². The van der Waals surface area contributed by atoms with Crippen LogP contribution in [0.15, 0.2) is 0 Å². The van der Waals surface area contributed by atoms with Crippen molar-refractivity contribution in [1.82, 2.24) is 4.90 Å². The van der Waals surface area contributed by atoms with E-state index in [0.717, 1.165) is 0 Å². The number of fused-ring (bicyclic) bond motifs is 1. The van der Waals surface area contributed by atoms with Crippen LogP contribution in [0.5, 0.6) is 0 Å². The molecule has 0 bridgehead atoms. The summed E-state index contributed by atoms with van der Waals surface area (Å²) in [4.78, 5) is 13.6. The number of piperidine rings is 1. The van der Waals surface area contributed by atoms with Crippen LogP contribution in [-0.4, -0.2) is 33.5 Å². The van der Waals surface area contributed by atoms with Crippen LogP contribution in [0.4, 0.5) is 4.79 Å². The van der Waals surface area contributed by atoms with Crippen molar-refractivity contribution in [3.8, 4) is 0 Å². The van der Waals surface area contributed by atoms with Crippen molar-refractivity contribution >= 4 is 29.3 Å². The molecule has 1 saturated heterocycles. The molecular weight excluding hydrogens is 249 g/mol. The molecule has 0 N–H and O–H groups in total. The topological polar surface area (TPSA) is 29.5 Å². The number of halogens is 2. The summed E-state index contributed by atoms with van der Waals surface area (Å²) in [5.74, 6) is 0.404. The zero-order chi connectivity index (χ0) is 12.3. The van der Waals surface area contributed by atoms with Crippen LogP contribution in [0.3, 0.4) is 0 Å². The predicted molar refractivity (Wildman–Crippen MR) is 63.8 cm³/mol. The van der Waals surface area contributed by atoms with E-state index in [-0.39, 0.29) is 24.0 Å². The van der Waals surface area contributed by atoms with Crippen LogP contribution in [0.1, 0.15) is 27.7 Å². The lowest BCUT2D eigenvalue weighted by molar-refractivity contribution is 0.0206. The summed E-state index contributed by atoms with van der Waals surface area (Å²) < 4.78 is 4.70. The minimum Gasteiger partial charge on any atom is -0.444 e. The second-order valence-electron chi connectivity index (χ2n) is 5.68. The van der Waals surface area contributed by atoms with Crippen molar-refractivity contribution in [1.29, 1.82) is 0 Å². The van der Waals surface area contributed by atoms with Gasteiger partial charge in [-0.05, 0) is 27.7 Å². The zero-order valence-electron chi connectivity index (χ0n) is 9.96. The first kappa shape index (κ1) is 12.3. The third-order valence-corrected chi connectivity index (χ3v) is 4.36. The number of carbonyl (C=O) groups is 1. The van der Waals surface area contributed by atoms with Crippen molar-refractivity contribution < 1.29 is 9.53 Å². The molecule has 0 aromatic carbocycles. The van der Waals surface area contributed by atoms with Gasteiger partial charge < -0.3 is 9.64 Å². The van der Waals surface area contributed by atoms with Crippen LogP contribution in [0, 0.1) is 11.8 Å². The minimum absolute atomic E-state index is 0.0647. The van der Waals surface area contributed by atoms with Gasteiger partial charge in [0.1, 0.15) is 9.93 Å². The van der Waals surface area contributed by atoms with E-state index < -0.39 is 9.93 Å². The summed E-state index contributed by atoms with van der Waals surface area (Å²) in [6, 6.07) is 0.0647. The van der Waals surface area contributed by atoms with Crippen LogP contribution >= 0.6 is 23.2 Å². The number of ether oxygens (including phenoxy) is 1. The Balaban J connectivity index is 1.98. The summed E-state index contributed by atoms with van der Waals surface area (Å²) in [7, 11) is 0. The Bertz CT molecular complexity index is 324. The van der Waals surface area contributed by atoms with Crippen LogP contribution in [0.25, 0.3) is 0 Å². The summed E-state index contributed by atoms with van der Waals surface area (Å²) >= 11 is 12.2. The highest BCUT2D eigenvalue weighted by molar-refractivity contribution is 6.51. The molecule has 1 heterocycles. The first-order chi connectivity index (χ1) is 7.14. The molecule has 3 nitrogen and oxygen atoms in total. The smallest absolute Gasteiger partial charge is 0.410 e. The number of amides is 1. The lowest BCUT2D eigenvalue weighted by atomic mass is 10.2. The van der Waals surface area contributed by atoms with Crippen LogP contribution in [0.2, 0.25) is 0 Å². The maximum Gasteiger partial charge on any atom is 0.410 e. The summed E-state index contributed by atoms with van der Waals surface area (Å²) in [5, 5.41) is 0. The normalized spacial score (nSPS) is 35.9. The minimum atomic E-state index is -0.627. The van der Waals surface area contributed by atoms with Crippen molar-refractivity contribution in [2.75, 3.05) is 6.54 Å². The Hall–Kier alpha value is -0.150. The number of nitrogens with zero attached hydrogens (tertiary/aromatic N) is 1. The maximum absolute atomic E-state index is 11.9. The number of alkyl halides is 2. The number of hydrogen-bond donors (Lipinski definition) is 0. The third kappa shape index (κ3) is 1.88. The van der Waals surface area contributed by atoms with Crippen molar-refractivity contribution in [3.05, 3.63) is 0 Å². The second-order valence-corrected chi connectivity index (χ2v) is 7.12. The number of rotatable bonds is 0. The average molecular weight is 266 g/mol. The van der Waals surface area contributed by atoms with E-state index in [4.69, 9.17) is 27.9 Å². The molecule has 1 amide bonds. The lowest BCUT2D eigenvalue weighted by Gasteiger charge is -2.30. The fourth-order valence-electron chi connectivity index (χ4n) is 2.44. The van der Waals surface area contributed by atoms with Gasteiger partial charge in [0.15, 0.2) is 0 Å². The van der Waals surface area contributed by atoms with E-state index in [9.17, 15) is 4.79 Å². The highest BCUT2D eigenvalue weighted by atomic mass is 35.5. The van der Waals surface area contributed by atoms with Gasteiger partial charge in [0.05, 0.1) is 0 Å². The van der Waals surface area contributed by atoms with Crippen molar-refractivity contribution in [2.45, 2.75) is 43.7 Å². The summed E-state index contributed by atoms with van der Waals surface area (Å²) in [5.41, 5.74) is -0.456. The number of carbonyl (C=O) groups excluding carboxylic acids is 1. The zero-order valence-corrected chi connectivity index (χ0v) is 11.5. The second kappa shape index (κ2) is 3.42. The molecule has 0 unspecified atom stereocenters. The Labute approximate surface area is 106 Å². The predicted octanol–water partition coefficient (Wildman–Crippen LogP) is 3.05. The Kier molecular flexibility index (Phi) is 2.63. The van der Waals surface area contributed by atoms with Gasteiger partial charge >= 0.3 is 6.09 Å². The number of likely N-dealkylation sites (tertiary alicyclic amines) is 1.